The van der Waals surface area contributed by atoms with Crippen LogP contribution in [0.2, 0.25) is 0 Å². The average Bonchev–Trinajstić information content (AvgIpc) is 2.87. The monoisotopic (exact) mass is 259 g/mol. The van der Waals surface area contributed by atoms with Crippen LogP contribution < -0.4 is 10.1 Å². The third kappa shape index (κ3) is 3.13. The van der Waals surface area contributed by atoms with Gasteiger partial charge < -0.3 is 10.1 Å². The van der Waals surface area contributed by atoms with E-state index in [-0.39, 0.29) is 5.91 Å². The highest BCUT2D eigenvalue weighted by atomic mass is 16.5. The maximum Gasteiger partial charge on any atom is 0.256 e. The first kappa shape index (κ1) is 13.1. The van der Waals surface area contributed by atoms with Crippen LogP contribution >= 0.6 is 0 Å². The largest absolute Gasteiger partial charge is 0.497 e. The first-order valence-corrected chi connectivity index (χ1v) is 6.11. The Hall–Kier alpha value is -2.30. The van der Waals surface area contributed by atoms with Gasteiger partial charge in [-0.25, -0.2) is 0 Å². The van der Waals surface area contributed by atoms with E-state index < -0.39 is 0 Å². The van der Waals surface area contributed by atoms with Gasteiger partial charge in [-0.05, 0) is 24.1 Å². The molecule has 0 unspecified atom stereocenters. The summed E-state index contributed by atoms with van der Waals surface area (Å²) in [5.41, 5.74) is 1.52. The molecular weight excluding hydrogens is 242 g/mol. The van der Waals surface area contributed by atoms with E-state index in [0.717, 1.165) is 5.69 Å². The molecule has 0 atom stereocenters. The number of nitrogens with zero attached hydrogens (tertiary/aromatic N) is 1. The summed E-state index contributed by atoms with van der Waals surface area (Å²) in [4.78, 5) is 12.0. The number of nitrogens with one attached hydrogen (secondary N) is 2. The summed E-state index contributed by atoms with van der Waals surface area (Å²) in [6.07, 6.45) is 0. The van der Waals surface area contributed by atoms with E-state index in [1.165, 1.54) is 0 Å². The van der Waals surface area contributed by atoms with Crippen LogP contribution in [-0.4, -0.2) is 23.2 Å². The first-order valence-electron chi connectivity index (χ1n) is 6.11. The van der Waals surface area contributed by atoms with Crippen molar-refractivity contribution in [3.63, 3.8) is 0 Å². The molecule has 1 aromatic carbocycles. The quantitative estimate of drug-likeness (QED) is 0.887. The van der Waals surface area contributed by atoms with Crippen LogP contribution in [0.15, 0.2) is 30.3 Å². The first-order chi connectivity index (χ1) is 9.10. The van der Waals surface area contributed by atoms with Crippen molar-refractivity contribution in [1.82, 2.24) is 10.2 Å². The number of aromatic amines is 1. The summed E-state index contributed by atoms with van der Waals surface area (Å²) in [6.45, 7) is 4.11. The minimum atomic E-state index is -0.208. The highest BCUT2D eigenvalue weighted by Gasteiger charge is 2.10. The number of carbonyl (C=O) groups is 1. The van der Waals surface area contributed by atoms with Crippen LogP contribution in [0.3, 0.4) is 0 Å². The molecule has 1 aromatic heterocycles. The van der Waals surface area contributed by atoms with E-state index in [9.17, 15) is 4.79 Å². The third-order valence-corrected chi connectivity index (χ3v) is 2.79. The predicted molar refractivity (Wildman–Crippen MR) is 73.6 cm³/mol. The lowest BCUT2D eigenvalue weighted by Crippen LogP contribution is -2.12. The highest BCUT2D eigenvalue weighted by molar-refractivity contribution is 6.04. The van der Waals surface area contributed by atoms with Crippen LogP contribution in [0, 0.1) is 0 Å². The Kier molecular flexibility index (Phi) is 3.85. The number of rotatable bonds is 4. The van der Waals surface area contributed by atoms with Crippen molar-refractivity contribution < 1.29 is 9.53 Å². The van der Waals surface area contributed by atoms with Crippen molar-refractivity contribution >= 4 is 11.7 Å². The molecule has 0 spiro atoms. The van der Waals surface area contributed by atoms with Crippen LogP contribution in [0.25, 0.3) is 0 Å². The van der Waals surface area contributed by atoms with Crippen molar-refractivity contribution in [2.24, 2.45) is 0 Å². The number of hydrogen-bond acceptors (Lipinski definition) is 3. The molecule has 0 radical (unpaired) electrons. The summed E-state index contributed by atoms with van der Waals surface area (Å²) in [7, 11) is 1.57. The lowest BCUT2D eigenvalue weighted by molar-refractivity contribution is 0.102. The van der Waals surface area contributed by atoms with E-state index in [0.29, 0.717) is 23.0 Å². The lowest BCUT2D eigenvalue weighted by Gasteiger charge is -2.04. The Morgan fingerprint density at radius 3 is 2.79 bits per heavy atom. The predicted octanol–water partition coefficient (Wildman–Crippen LogP) is 2.79. The van der Waals surface area contributed by atoms with E-state index in [1.54, 1.807) is 31.4 Å². The van der Waals surface area contributed by atoms with Gasteiger partial charge in [-0.1, -0.05) is 19.9 Å². The summed E-state index contributed by atoms with van der Waals surface area (Å²) in [5.74, 6) is 1.31. The number of aromatic nitrogens is 2. The van der Waals surface area contributed by atoms with Crippen LogP contribution in [0.5, 0.6) is 5.75 Å². The maximum absolute atomic E-state index is 12.0. The molecule has 2 N–H and O–H groups in total. The second kappa shape index (κ2) is 5.56. The molecule has 2 rings (SSSR count). The van der Waals surface area contributed by atoms with E-state index in [2.05, 4.69) is 29.4 Å². The zero-order chi connectivity index (χ0) is 13.8. The van der Waals surface area contributed by atoms with Gasteiger partial charge in [0.15, 0.2) is 5.82 Å². The molecule has 0 aliphatic heterocycles. The van der Waals surface area contributed by atoms with Gasteiger partial charge in [0.1, 0.15) is 5.75 Å². The zero-order valence-corrected chi connectivity index (χ0v) is 11.2. The topological polar surface area (TPSA) is 67.0 Å². The van der Waals surface area contributed by atoms with Crippen LogP contribution in [0.4, 0.5) is 5.82 Å². The normalized spacial score (nSPS) is 10.5. The maximum atomic E-state index is 12.0. The Morgan fingerprint density at radius 1 is 1.37 bits per heavy atom. The summed E-state index contributed by atoms with van der Waals surface area (Å²) < 4.78 is 5.09. The highest BCUT2D eigenvalue weighted by Crippen LogP contribution is 2.17. The molecule has 0 saturated carbocycles. The summed E-state index contributed by atoms with van der Waals surface area (Å²) in [6, 6.07) is 8.82. The molecule has 0 aliphatic carbocycles. The number of anilines is 1. The summed E-state index contributed by atoms with van der Waals surface area (Å²) in [5, 5.41) is 9.70. The molecule has 1 heterocycles. The number of H-pyrrole nitrogens is 1. The molecule has 1 amide bonds. The fourth-order valence-corrected chi connectivity index (χ4v) is 1.65. The summed E-state index contributed by atoms with van der Waals surface area (Å²) >= 11 is 0. The molecule has 5 heteroatoms. The molecular formula is C14H17N3O2. The molecule has 0 fully saturated rings. The van der Waals surface area contributed by atoms with Gasteiger partial charge in [-0.3, -0.25) is 9.89 Å². The third-order valence-electron chi connectivity index (χ3n) is 2.79. The number of amides is 1. The smallest absolute Gasteiger partial charge is 0.256 e. The van der Waals surface area contributed by atoms with Crippen molar-refractivity contribution in [2.45, 2.75) is 19.8 Å². The number of ether oxygens (including phenoxy) is 1. The molecule has 0 saturated heterocycles. The number of hydrogen-bond donors (Lipinski definition) is 2. The van der Waals surface area contributed by atoms with Gasteiger partial charge in [-0.2, -0.15) is 5.10 Å². The van der Waals surface area contributed by atoms with Crippen molar-refractivity contribution in [3.05, 3.63) is 41.6 Å². The number of methoxy groups -OCH3 is 1. The standard InChI is InChI=1S/C14H17N3O2/c1-9(2)12-8-13(17-16-12)15-14(18)10-5-4-6-11(7-10)19-3/h4-9H,1-3H3,(H2,15,16,17,18). The second-order valence-electron chi connectivity index (χ2n) is 4.55. The van der Waals surface area contributed by atoms with Gasteiger partial charge in [0.2, 0.25) is 0 Å². The Bertz CT molecular complexity index is 576. The van der Waals surface area contributed by atoms with Crippen molar-refractivity contribution in [2.75, 3.05) is 12.4 Å². The van der Waals surface area contributed by atoms with Gasteiger partial charge in [0.25, 0.3) is 5.91 Å². The Morgan fingerprint density at radius 2 is 2.16 bits per heavy atom. The van der Waals surface area contributed by atoms with Gasteiger partial charge in [0.05, 0.1) is 7.11 Å². The zero-order valence-electron chi connectivity index (χ0n) is 11.2. The van der Waals surface area contributed by atoms with Gasteiger partial charge in [0, 0.05) is 17.3 Å². The minimum absolute atomic E-state index is 0.208. The molecule has 100 valence electrons. The van der Waals surface area contributed by atoms with Crippen LogP contribution in [-0.2, 0) is 0 Å². The fourth-order valence-electron chi connectivity index (χ4n) is 1.65. The number of benzene rings is 1. The van der Waals surface area contributed by atoms with Gasteiger partial charge >= 0.3 is 0 Å². The van der Waals surface area contributed by atoms with Crippen LogP contribution in [0.1, 0.15) is 35.8 Å². The lowest BCUT2D eigenvalue weighted by atomic mass is 10.1. The molecule has 19 heavy (non-hydrogen) atoms. The SMILES string of the molecule is COc1cccc(C(=O)Nc2cc(C(C)C)[nH]n2)c1. The molecule has 0 aliphatic rings. The fraction of sp³-hybridized carbons (Fsp3) is 0.286. The van der Waals surface area contributed by atoms with E-state index in [4.69, 9.17) is 4.74 Å². The Labute approximate surface area is 112 Å². The second-order valence-corrected chi connectivity index (χ2v) is 4.55. The van der Waals surface area contributed by atoms with E-state index in [1.807, 2.05) is 6.07 Å². The van der Waals surface area contributed by atoms with E-state index >= 15 is 0 Å². The van der Waals surface area contributed by atoms with Crippen molar-refractivity contribution in [1.29, 1.82) is 0 Å². The Balaban J connectivity index is 2.11. The molecule has 5 nitrogen and oxygen atoms in total. The molecule has 0 bridgehead atoms. The van der Waals surface area contributed by atoms with Crippen molar-refractivity contribution in [3.8, 4) is 5.75 Å². The number of carbonyl (C=O) groups excluding carboxylic acids is 1. The minimum Gasteiger partial charge on any atom is -0.497 e. The molecule has 2 aromatic rings. The average molecular weight is 259 g/mol. The van der Waals surface area contributed by atoms with Gasteiger partial charge in [-0.15, -0.1) is 0 Å².